The lowest BCUT2D eigenvalue weighted by Crippen LogP contribution is -2.51. The highest BCUT2D eigenvalue weighted by Crippen LogP contribution is 2.39. The molecule has 0 N–H and O–H groups in total. The van der Waals surface area contributed by atoms with Gasteiger partial charge in [0, 0.05) is 44.1 Å². The average molecular weight is 544 g/mol. The molecule has 0 aliphatic carbocycles. The van der Waals surface area contributed by atoms with Gasteiger partial charge in [0.1, 0.15) is 19.2 Å². The van der Waals surface area contributed by atoms with Crippen LogP contribution < -0.4 is 10.5 Å². The number of hydrogen-bond acceptors (Lipinski definition) is 3. The van der Waals surface area contributed by atoms with Crippen molar-refractivity contribution in [2.75, 3.05) is 0 Å². The molecule has 194 valence electrons. The lowest BCUT2D eigenvalue weighted by Gasteiger charge is -2.19. The molecule has 0 bridgehead atoms. The van der Waals surface area contributed by atoms with Crippen molar-refractivity contribution in [3.63, 3.8) is 0 Å². The zero-order chi connectivity index (χ0) is 27.3. The summed E-state index contributed by atoms with van der Waals surface area (Å²) in [6.45, 7) is 4.82. The van der Waals surface area contributed by atoms with Gasteiger partial charge in [-0.15, -0.1) is 0 Å². The van der Waals surface area contributed by atoms with Gasteiger partial charge in [-0.25, -0.2) is 9.97 Å². The van der Waals surface area contributed by atoms with E-state index in [2.05, 4.69) is 121 Å². The van der Waals surface area contributed by atoms with Crippen molar-refractivity contribution in [1.82, 2.24) is 14.5 Å². The molecule has 0 saturated heterocycles. The molecule has 5 heteroatoms. The van der Waals surface area contributed by atoms with Crippen LogP contribution in [0.4, 0.5) is 0 Å². The smallest absolute Gasteiger partial charge is 0.235 e. The molecule has 8 aromatic rings. The second kappa shape index (κ2) is 8.02. The van der Waals surface area contributed by atoms with E-state index in [1.54, 1.807) is 0 Å². The van der Waals surface area contributed by atoms with Crippen molar-refractivity contribution in [2.24, 2.45) is 0 Å². The fourth-order valence-electron chi connectivity index (χ4n) is 6.84. The maximum atomic E-state index is 6.34. The molecule has 41 heavy (non-hydrogen) atoms. The van der Waals surface area contributed by atoms with E-state index >= 15 is 0 Å². The molecular formula is C36H25N3OSi. The van der Waals surface area contributed by atoms with Crippen molar-refractivity contribution in [1.29, 1.82) is 0 Å². The normalized spacial score (nSPS) is 13.8. The van der Waals surface area contributed by atoms with Crippen LogP contribution in [0.5, 0.6) is 0 Å². The molecule has 0 saturated carbocycles. The maximum absolute atomic E-state index is 6.34. The fourth-order valence-corrected chi connectivity index (χ4v) is 9.75. The van der Waals surface area contributed by atoms with Gasteiger partial charge in [-0.3, -0.25) is 4.57 Å². The van der Waals surface area contributed by atoms with Crippen molar-refractivity contribution in [2.45, 2.75) is 13.1 Å². The first-order valence-electron chi connectivity index (χ1n) is 14.0. The van der Waals surface area contributed by atoms with Gasteiger partial charge in [0.05, 0.1) is 16.7 Å². The van der Waals surface area contributed by atoms with Gasteiger partial charge in [0.25, 0.3) is 0 Å². The number of furan rings is 1. The topological polar surface area (TPSA) is 43.9 Å². The molecule has 1 aliphatic heterocycles. The number of hydrogen-bond donors (Lipinski definition) is 0. The summed E-state index contributed by atoms with van der Waals surface area (Å²) in [7, 11) is -2.07. The lowest BCUT2D eigenvalue weighted by atomic mass is 10.0. The summed E-state index contributed by atoms with van der Waals surface area (Å²) >= 11 is 0. The molecule has 4 nitrogen and oxygen atoms in total. The van der Waals surface area contributed by atoms with Crippen LogP contribution in [0, 0.1) is 0 Å². The second-order valence-electron chi connectivity index (χ2n) is 11.4. The molecule has 0 fully saturated rings. The van der Waals surface area contributed by atoms with Crippen LogP contribution in [0.15, 0.2) is 120 Å². The molecule has 0 amide bonds. The van der Waals surface area contributed by atoms with Gasteiger partial charge in [0.2, 0.25) is 5.95 Å². The summed E-state index contributed by atoms with van der Waals surface area (Å²) in [6.07, 6.45) is 0. The van der Waals surface area contributed by atoms with Crippen LogP contribution in [-0.4, -0.2) is 22.6 Å². The summed E-state index contributed by atoms with van der Waals surface area (Å²) in [5, 5.41) is 7.22. The fraction of sp³-hybridized carbons (Fsp3) is 0.0556. The number of aromatic nitrogens is 3. The molecule has 4 heterocycles. The Hall–Kier alpha value is -5.00. The zero-order valence-corrected chi connectivity index (χ0v) is 23.7. The molecule has 0 radical (unpaired) electrons. The zero-order valence-electron chi connectivity index (χ0n) is 22.7. The number of fused-ring (bicyclic) bond motifs is 9. The first-order chi connectivity index (χ1) is 20.1. The molecule has 1 aliphatic rings. The largest absolute Gasteiger partial charge is 0.456 e. The summed E-state index contributed by atoms with van der Waals surface area (Å²) in [5.41, 5.74) is 8.47. The number of nitrogens with zero attached hydrogens (tertiary/aromatic N) is 3. The van der Waals surface area contributed by atoms with Crippen LogP contribution in [-0.2, 0) is 0 Å². The summed E-state index contributed by atoms with van der Waals surface area (Å²) in [5.74, 6) is 0.706. The monoisotopic (exact) mass is 543 g/mol. The van der Waals surface area contributed by atoms with E-state index in [0.29, 0.717) is 5.95 Å². The molecule has 0 spiro atoms. The predicted octanol–water partition coefficient (Wildman–Crippen LogP) is 7.94. The molecule has 0 unspecified atom stereocenters. The highest BCUT2D eigenvalue weighted by Gasteiger charge is 2.41. The summed E-state index contributed by atoms with van der Waals surface area (Å²) in [4.78, 5) is 10.8. The first kappa shape index (κ1) is 22.8. The molecule has 5 aromatic carbocycles. The molecule has 0 atom stereocenters. The Labute approximate surface area is 237 Å². The average Bonchev–Trinajstić information content (AvgIpc) is 3.61. The Morgan fingerprint density at radius 2 is 1.34 bits per heavy atom. The van der Waals surface area contributed by atoms with Gasteiger partial charge >= 0.3 is 0 Å². The van der Waals surface area contributed by atoms with E-state index < -0.39 is 8.07 Å². The Morgan fingerprint density at radius 3 is 2.22 bits per heavy atom. The van der Waals surface area contributed by atoms with E-state index in [1.165, 1.54) is 32.4 Å². The third-order valence-corrected chi connectivity index (χ3v) is 12.1. The van der Waals surface area contributed by atoms with E-state index in [-0.39, 0.29) is 0 Å². The minimum Gasteiger partial charge on any atom is -0.456 e. The summed E-state index contributed by atoms with van der Waals surface area (Å²) < 4.78 is 8.58. The minimum atomic E-state index is -2.07. The number of para-hydroxylation sites is 2. The van der Waals surface area contributed by atoms with Crippen LogP contribution in [0.3, 0.4) is 0 Å². The van der Waals surface area contributed by atoms with Crippen molar-refractivity contribution in [3.05, 3.63) is 115 Å². The third-order valence-electron chi connectivity index (χ3n) is 8.78. The van der Waals surface area contributed by atoms with Gasteiger partial charge in [-0.05, 0) is 28.9 Å². The molecule has 3 aromatic heterocycles. The number of rotatable bonds is 2. The molecular weight excluding hydrogens is 519 g/mol. The molecule has 9 rings (SSSR count). The summed E-state index contributed by atoms with van der Waals surface area (Å²) in [6, 6.07) is 40.6. The SMILES string of the molecule is C[Si]1(C)c2ccccc2-c2c(-c3ccccc3)nc(-n3c4ccccc4c4cc5c(cc43)oc3ccccc35)nc21. The predicted molar refractivity (Wildman–Crippen MR) is 171 cm³/mol. The Balaban J connectivity index is 1.42. The van der Waals surface area contributed by atoms with Gasteiger partial charge in [-0.1, -0.05) is 104 Å². The lowest BCUT2D eigenvalue weighted by molar-refractivity contribution is 0.669. The van der Waals surface area contributed by atoms with Gasteiger partial charge < -0.3 is 4.42 Å². The van der Waals surface area contributed by atoms with Crippen LogP contribution in [0.25, 0.3) is 72.1 Å². The van der Waals surface area contributed by atoms with Crippen LogP contribution in [0.1, 0.15) is 0 Å². The van der Waals surface area contributed by atoms with E-state index in [9.17, 15) is 0 Å². The van der Waals surface area contributed by atoms with E-state index in [1.807, 2.05) is 12.1 Å². The van der Waals surface area contributed by atoms with E-state index in [4.69, 9.17) is 14.4 Å². The minimum absolute atomic E-state index is 0.706. The van der Waals surface area contributed by atoms with Gasteiger partial charge in [-0.2, -0.15) is 0 Å². The van der Waals surface area contributed by atoms with Crippen molar-refractivity contribution in [3.8, 4) is 28.3 Å². The van der Waals surface area contributed by atoms with Crippen molar-refractivity contribution < 1.29 is 4.42 Å². The quantitative estimate of drug-likeness (QED) is 0.208. The Kier molecular flexibility index (Phi) is 4.46. The second-order valence-corrected chi connectivity index (χ2v) is 15.7. The van der Waals surface area contributed by atoms with Gasteiger partial charge in [0.15, 0.2) is 0 Å². The maximum Gasteiger partial charge on any atom is 0.235 e. The highest BCUT2D eigenvalue weighted by atomic mass is 28.3. The Bertz CT molecular complexity index is 2350. The third kappa shape index (κ3) is 3.04. The van der Waals surface area contributed by atoms with Crippen LogP contribution in [0.2, 0.25) is 13.1 Å². The number of benzene rings is 5. The van der Waals surface area contributed by atoms with Crippen LogP contribution >= 0.6 is 0 Å². The van der Waals surface area contributed by atoms with Crippen molar-refractivity contribution >= 4 is 62.3 Å². The standard InChI is InChI=1S/C36H25N3OSi/c1-41(2)32-19-11-8-16-25(32)33-34(22-12-4-3-5-13-22)37-36(38-35(33)41)39-28-17-9-6-14-23(28)26-20-27-24-15-7-10-18-30(24)40-31(27)21-29(26)39/h3-21H,1-2H3. The van der Waals surface area contributed by atoms with E-state index in [0.717, 1.165) is 44.2 Å². The first-order valence-corrected chi connectivity index (χ1v) is 17.0. The highest BCUT2D eigenvalue weighted by molar-refractivity contribution is 7.03. The Morgan fingerprint density at radius 1 is 0.610 bits per heavy atom.